The highest BCUT2D eigenvalue weighted by Gasteiger charge is 2.24. The van der Waals surface area contributed by atoms with Crippen LogP contribution in [0.5, 0.6) is 0 Å². The summed E-state index contributed by atoms with van der Waals surface area (Å²) in [5, 5.41) is 0. The van der Waals surface area contributed by atoms with Crippen molar-refractivity contribution in [2.24, 2.45) is 0 Å². The van der Waals surface area contributed by atoms with Crippen LogP contribution in [-0.4, -0.2) is 59.5 Å². The molecule has 1 aliphatic heterocycles. The molecule has 0 atom stereocenters. The first-order valence-corrected chi connectivity index (χ1v) is 10.2. The van der Waals surface area contributed by atoms with Gasteiger partial charge in [0.05, 0.1) is 13.0 Å². The zero-order chi connectivity index (χ0) is 21.7. The number of esters is 1. The Hall–Kier alpha value is -3.03. The van der Waals surface area contributed by atoms with Crippen LogP contribution in [0.15, 0.2) is 24.3 Å². The largest absolute Gasteiger partial charge is 0.466 e. The fourth-order valence-electron chi connectivity index (χ4n) is 3.45. The van der Waals surface area contributed by atoms with Crippen LogP contribution in [0.4, 0.5) is 10.2 Å². The van der Waals surface area contributed by atoms with Gasteiger partial charge in [0.2, 0.25) is 5.91 Å². The number of piperazine rings is 1. The summed E-state index contributed by atoms with van der Waals surface area (Å²) in [6, 6.07) is 6.25. The van der Waals surface area contributed by atoms with Crippen LogP contribution in [0.3, 0.4) is 0 Å². The van der Waals surface area contributed by atoms with Crippen molar-refractivity contribution in [2.45, 2.75) is 33.6 Å². The van der Waals surface area contributed by atoms with Gasteiger partial charge in [-0.15, -0.1) is 0 Å². The molecule has 1 fully saturated rings. The molecule has 1 aliphatic rings. The maximum atomic E-state index is 13.6. The predicted octanol–water partition coefficient (Wildman–Crippen LogP) is 2.89. The van der Waals surface area contributed by atoms with Crippen LogP contribution >= 0.6 is 0 Å². The smallest absolute Gasteiger partial charge is 0.306 e. The zero-order valence-corrected chi connectivity index (χ0v) is 17.7. The molecule has 0 unspecified atom stereocenters. The number of halogens is 1. The summed E-state index contributed by atoms with van der Waals surface area (Å²) in [4.78, 5) is 37.0. The standard InChI is InChI=1S/C22H27FN4O3/c1-4-30-20(29)9-8-19(28)26-10-12-27(13-11-26)22-15(2)16(3)24-21(25-22)17-6-5-7-18(23)14-17/h5-7,14H,4,8-13H2,1-3H3. The second-order valence-electron chi connectivity index (χ2n) is 7.26. The number of benzene rings is 1. The van der Waals surface area contributed by atoms with Gasteiger partial charge in [-0.05, 0) is 32.9 Å². The van der Waals surface area contributed by atoms with Crippen LogP contribution in [0.1, 0.15) is 31.0 Å². The number of carbonyl (C=O) groups excluding carboxylic acids is 2. The molecular formula is C22H27FN4O3. The van der Waals surface area contributed by atoms with Crippen LogP contribution in [0.2, 0.25) is 0 Å². The van der Waals surface area contributed by atoms with Crippen molar-refractivity contribution in [1.29, 1.82) is 0 Å². The first-order chi connectivity index (χ1) is 14.4. The molecule has 0 N–H and O–H groups in total. The monoisotopic (exact) mass is 414 g/mol. The minimum Gasteiger partial charge on any atom is -0.466 e. The molecule has 1 aromatic carbocycles. The molecular weight excluding hydrogens is 387 g/mol. The van der Waals surface area contributed by atoms with Crippen molar-refractivity contribution >= 4 is 17.7 Å². The quantitative estimate of drug-likeness (QED) is 0.677. The third-order valence-corrected chi connectivity index (χ3v) is 5.23. The topological polar surface area (TPSA) is 75.6 Å². The predicted molar refractivity (Wildman–Crippen MR) is 112 cm³/mol. The molecule has 1 aromatic heterocycles. The highest BCUT2D eigenvalue weighted by molar-refractivity contribution is 5.81. The average molecular weight is 414 g/mol. The fourth-order valence-corrected chi connectivity index (χ4v) is 3.45. The highest BCUT2D eigenvalue weighted by Crippen LogP contribution is 2.26. The van der Waals surface area contributed by atoms with E-state index in [1.807, 2.05) is 13.8 Å². The van der Waals surface area contributed by atoms with Gasteiger partial charge in [-0.1, -0.05) is 12.1 Å². The minimum atomic E-state index is -0.346. The maximum Gasteiger partial charge on any atom is 0.306 e. The molecule has 0 saturated carbocycles. The van der Waals surface area contributed by atoms with E-state index in [1.165, 1.54) is 12.1 Å². The zero-order valence-electron chi connectivity index (χ0n) is 17.7. The number of ether oxygens (including phenoxy) is 1. The average Bonchev–Trinajstić information content (AvgIpc) is 2.74. The van der Waals surface area contributed by atoms with Gasteiger partial charge in [-0.3, -0.25) is 9.59 Å². The van der Waals surface area contributed by atoms with E-state index < -0.39 is 0 Å². The number of anilines is 1. The molecule has 160 valence electrons. The van der Waals surface area contributed by atoms with Crippen LogP contribution in [0.25, 0.3) is 11.4 Å². The Bertz CT molecular complexity index is 927. The normalized spacial score (nSPS) is 14.0. The summed E-state index contributed by atoms with van der Waals surface area (Å²) in [5.41, 5.74) is 2.44. The van der Waals surface area contributed by atoms with E-state index in [2.05, 4.69) is 9.88 Å². The second-order valence-corrected chi connectivity index (χ2v) is 7.26. The molecule has 0 radical (unpaired) electrons. The summed E-state index contributed by atoms with van der Waals surface area (Å²) in [5.74, 6) is 0.576. The lowest BCUT2D eigenvalue weighted by Crippen LogP contribution is -2.49. The Morgan fingerprint density at radius 3 is 2.50 bits per heavy atom. The molecule has 1 saturated heterocycles. The molecule has 3 rings (SSSR count). The van der Waals surface area contributed by atoms with E-state index in [0.717, 1.165) is 17.1 Å². The van der Waals surface area contributed by atoms with Gasteiger partial charge >= 0.3 is 5.97 Å². The number of nitrogens with zero attached hydrogens (tertiary/aromatic N) is 4. The van der Waals surface area contributed by atoms with E-state index in [1.54, 1.807) is 24.0 Å². The Labute approximate surface area is 175 Å². The van der Waals surface area contributed by atoms with E-state index in [-0.39, 0.29) is 30.5 Å². The van der Waals surface area contributed by atoms with Gasteiger partial charge in [0.1, 0.15) is 11.6 Å². The molecule has 2 aromatic rings. The minimum absolute atomic E-state index is 0.0428. The Morgan fingerprint density at radius 1 is 1.10 bits per heavy atom. The van der Waals surface area contributed by atoms with Gasteiger partial charge in [0, 0.05) is 49.4 Å². The highest BCUT2D eigenvalue weighted by atomic mass is 19.1. The van der Waals surface area contributed by atoms with E-state index in [0.29, 0.717) is 44.2 Å². The summed E-state index contributed by atoms with van der Waals surface area (Å²) >= 11 is 0. The van der Waals surface area contributed by atoms with Gasteiger partial charge in [0.15, 0.2) is 5.82 Å². The van der Waals surface area contributed by atoms with E-state index >= 15 is 0 Å². The lowest BCUT2D eigenvalue weighted by atomic mass is 10.1. The van der Waals surface area contributed by atoms with E-state index in [4.69, 9.17) is 9.72 Å². The number of amides is 1. The number of hydrogen-bond acceptors (Lipinski definition) is 6. The summed E-state index contributed by atoms with van der Waals surface area (Å²) in [7, 11) is 0. The molecule has 1 amide bonds. The molecule has 2 heterocycles. The number of carbonyl (C=O) groups is 2. The van der Waals surface area contributed by atoms with Crippen molar-refractivity contribution in [3.63, 3.8) is 0 Å². The van der Waals surface area contributed by atoms with Gasteiger partial charge < -0.3 is 14.5 Å². The van der Waals surface area contributed by atoms with Crippen molar-refractivity contribution in [1.82, 2.24) is 14.9 Å². The Morgan fingerprint density at radius 2 is 1.83 bits per heavy atom. The molecule has 0 bridgehead atoms. The molecule has 30 heavy (non-hydrogen) atoms. The molecule has 7 nitrogen and oxygen atoms in total. The molecule has 0 spiro atoms. The van der Waals surface area contributed by atoms with Crippen LogP contribution < -0.4 is 4.90 Å². The third-order valence-electron chi connectivity index (χ3n) is 5.23. The first-order valence-electron chi connectivity index (χ1n) is 10.2. The Balaban J connectivity index is 1.68. The van der Waals surface area contributed by atoms with Crippen molar-refractivity contribution < 1.29 is 18.7 Å². The Kier molecular flexibility index (Phi) is 6.97. The number of hydrogen-bond donors (Lipinski definition) is 0. The number of aromatic nitrogens is 2. The third kappa shape index (κ3) is 5.11. The lowest BCUT2D eigenvalue weighted by Gasteiger charge is -2.36. The van der Waals surface area contributed by atoms with Crippen LogP contribution in [-0.2, 0) is 14.3 Å². The first kappa shape index (κ1) is 21.7. The van der Waals surface area contributed by atoms with Crippen molar-refractivity contribution in [3.05, 3.63) is 41.3 Å². The van der Waals surface area contributed by atoms with Crippen molar-refractivity contribution in [3.8, 4) is 11.4 Å². The summed E-state index contributed by atoms with van der Waals surface area (Å²) in [6.45, 7) is 8.32. The van der Waals surface area contributed by atoms with Gasteiger partial charge in [-0.2, -0.15) is 0 Å². The summed E-state index contributed by atoms with van der Waals surface area (Å²) < 4.78 is 18.5. The number of aryl methyl sites for hydroxylation is 1. The molecule has 8 heteroatoms. The van der Waals surface area contributed by atoms with Crippen molar-refractivity contribution in [2.75, 3.05) is 37.7 Å². The fraction of sp³-hybridized carbons (Fsp3) is 0.455. The van der Waals surface area contributed by atoms with Gasteiger partial charge in [0.25, 0.3) is 0 Å². The maximum absolute atomic E-state index is 13.6. The van der Waals surface area contributed by atoms with Crippen LogP contribution in [0, 0.1) is 19.7 Å². The number of rotatable bonds is 6. The SMILES string of the molecule is CCOC(=O)CCC(=O)N1CCN(c2nc(-c3cccc(F)c3)nc(C)c2C)CC1. The molecule has 0 aliphatic carbocycles. The summed E-state index contributed by atoms with van der Waals surface area (Å²) in [6.07, 6.45) is 0.266. The lowest BCUT2D eigenvalue weighted by molar-refractivity contribution is -0.145. The van der Waals surface area contributed by atoms with Gasteiger partial charge in [-0.25, -0.2) is 14.4 Å². The van der Waals surface area contributed by atoms with E-state index in [9.17, 15) is 14.0 Å². The second kappa shape index (κ2) is 9.65.